The van der Waals surface area contributed by atoms with Gasteiger partial charge in [-0.1, -0.05) is 35.9 Å². The summed E-state index contributed by atoms with van der Waals surface area (Å²) in [5, 5.41) is 14.9. The zero-order chi connectivity index (χ0) is 19.2. The van der Waals surface area contributed by atoms with Gasteiger partial charge in [0.2, 0.25) is 0 Å². The lowest BCUT2D eigenvalue weighted by Gasteiger charge is -2.09. The van der Waals surface area contributed by atoms with Crippen LogP contribution in [0.15, 0.2) is 72.8 Å². The Morgan fingerprint density at radius 3 is 1.78 bits per heavy atom. The summed E-state index contributed by atoms with van der Waals surface area (Å²) in [5.41, 5.74) is 2.09. The van der Waals surface area contributed by atoms with E-state index >= 15 is 0 Å². The Morgan fingerprint density at radius 2 is 1.22 bits per heavy atom. The molecule has 0 aromatic heterocycles. The maximum atomic E-state index is 12.4. The van der Waals surface area contributed by atoms with Crippen molar-refractivity contribution in [2.24, 2.45) is 0 Å². The second-order valence-electron chi connectivity index (χ2n) is 5.62. The molecule has 0 saturated carbocycles. The average molecular weight is 376 g/mol. The van der Waals surface area contributed by atoms with Gasteiger partial charge in [-0.25, -0.2) is 0 Å². The van der Waals surface area contributed by atoms with E-state index in [1.807, 2.05) is 6.07 Å². The molecule has 5 nitrogen and oxygen atoms in total. The first-order valence-electron chi connectivity index (χ1n) is 8.05. The molecule has 6 heteroatoms. The molecule has 3 aromatic rings. The van der Waals surface area contributed by atoms with E-state index in [9.17, 15) is 9.59 Å². The van der Waals surface area contributed by atoms with E-state index in [4.69, 9.17) is 16.9 Å². The van der Waals surface area contributed by atoms with Crippen molar-refractivity contribution < 1.29 is 9.59 Å². The van der Waals surface area contributed by atoms with E-state index in [1.165, 1.54) is 0 Å². The number of carbonyl (C=O) groups is 2. The van der Waals surface area contributed by atoms with E-state index in [0.717, 1.165) is 0 Å². The van der Waals surface area contributed by atoms with Gasteiger partial charge in [0, 0.05) is 11.1 Å². The highest BCUT2D eigenvalue weighted by molar-refractivity contribution is 6.33. The highest BCUT2D eigenvalue weighted by Crippen LogP contribution is 2.21. The summed E-state index contributed by atoms with van der Waals surface area (Å²) in [5.74, 6) is -0.694. The summed E-state index contributed by atoms with van der Waals surface area (Å²) in [6, 6.07) is 21.9. The molecule has 0 aliphatic carbocycles. The van der Waals surface area contributed by atoms with Crippen LogP contribution in [-0.2, 0) is 0 Å². The smallest absolute Gasteiger partial charge is 0.255 e. The van der Waals surface area contributed by atoms with Gasteiger partial charge in [-0.05, 0) is 48.5 Å². The van der Waals surface area contributed by atoms with Gasteiger partial charge < -0.3 is 10.6 Å². The van der Waals surface area contributed by atoms with Gasteiger partial charge in [-0.2, -0.15) is 5.26 Å². The number of carbonyl (C=O) groups excluding carboxylic acids is 2. The second-order valence-corrected chi connectivity index (χ2v) is 6.03. The maximum absolute atomic E-state index is 12.4. The lowest BCUT2D eigenvalue weighted by atomic mass is 10.1. The highest BCUT2D eigenvalue weighted by atomic mass is 35.5. The molecule has 2 N–H and O–H groups in total. The van der Waals surface area contributed by atoms with E-state index in [-0.39, 0.29) is 11.8 Å². The largest absolute Gasteiger partial charge is 0.321 e. The Morgan fingerprint density at radius 1 is 0.741 bits per heavy atom. The Balaban J connectivity index is 1.71. The minimum Gasteiger partial charge on any atom is -0.321 e. The summed E-state index contributed by atoms with van der Waals surface area (Å²) in [6.07, 6.45) is 0. The molecule has 0 spiro atoms. The molecule has 0 bridgehead atoms. The monoisotopic (exact) mass is 375 g/mol. The van der Waals surface area contributed by atoms with Crippen molar-refractivity contribution in [2.75, 3.05) is 10.6 Å². The second kappa shape index (κ2) is 8.17. The summed E-state index contributed by atoms with van der Waals surface area (Å²) >= 11 is 6.03. The van der Waals surface area contributed by atoms with Crippen molar-refractivity contribution in [1.29, 1.82) is 5.26 Å². The van der Waals surface area contributed by atoms with Crippen LogP contribution in [0.5, 0.6) is 0 Å². The van der Waals surface area contributed by atoms with Crippen molar-refractivity contribution in [3.63, 3.8) is 0 Å². The predicted octanol–water partition coefficient (Wildman–Crippen LogP) is 4.72. The van der Waals surface area contributed by atoms with Crippen LogP contribution >= 0.6 is 11.6 Å². The number of nitrogens with one attached hydrogen (secondary N) is 2. The molecule has 3 rings (SSSR count). The summed E-state index contributed by atoms with van der Waals surface area (Å²) in [4.78, 5) is 24.7. The molecule has 0 heterocycles. The van der Waals surface area contributed by atoms with E-state index in [0.29, 0.717) is 33.1 Å². The van der Waals surface area contributed by atoms with Crippen LogP contribution in [0.1, 0.15) is 26.3 Å². The molecule has 2 amide bonds. The van der Waals surface area contributed by atoms with Crippen molar-refractivity contribution in [2.45, 2.75) is 0 Å². The van der Waals surface area contributed by atoms with Crippen LogP contribution in [0, 0.1) is 11.3 Å². The molecule has 3 aromatic carbocycles. The number of benzene rings is 3. The molecule has 27 heavy (non-hydrogen) atoms. The molecule has 0 fully saturated rings. The third-order valence-electron chi connectivity index (χ3n) is 3.83. The third kappa shape index (κ3) is 4.32. The van der Waals surface area contributed by atoms with Crippen LogP contribution in [0.3, 0.4) is 0 Å². The number of amides is 2. The molecular weight excluding hydrogens is 362 g/mol. The van der Waals surface area contributed by atoms with Crippen LogP contribution in [0.4, 0.5) is 11.4 Å². The highest BCUT2D eigenvalue weighted by Gasteiger charge is 2.12. The Kier molecular flexibility index (Phi) is 5.50. The van der Waals surface area contributed by atoms with Crippen LogP contribution in [0.2, 0.25) is 5.02 Å². The molecule has 0 radical (unpaired) electrons. The topological polar surface area (TPSA) is 82.0 Å². The van der Waals surface area contributed by atoms with Gasteiger partial charge in [-0.15, -0.1) is 0 Å². The fourth-order valence-electron chi connectivity index (χ4n) is 2.41. The average Bonchev–Trinajstić information content (AvgIpc) is 2.70. The van der Waals surface area contributed by atoms with Crippen LogP contribution < -0.4 is 10.6 Å². The summed E-state index contributed by atoms with van der Waals surface area (Å²) in [6.45, 7) is 0. The standard InChI is InChI=1S/C21H14ClN3O2/c22-17-6-2-4-8-19(17)25-21(27)15-11-9-14(10-12-15)20(26)24-18-7-3-1-5-16(18)13-23/h1-12H,(H,24,26)(H,25,27). The SMILES string of the molecule is N#Cc1ccccc1NC(=O)c1ccc(C(=O)Nc2ccccc2Cl)cc1. The predicted molar refractivity (Wildman–Crippen MR) is 105 cm³/mol. The fraction of sp³-hybridized carbons (Fsp3) is 0. The van der Waals surface area contributed by atoms with Crippen molar-refractivity contribution >= 4 is 34.8 Å². The maximum Gasteiger partial charge on any atom is 0.255 e. The number of hydrogen-bond donors (Lipinski definition) is 2. The van der Waals surface area contributed by atoms with Crippen LogP contribution in [-0.4, -0.2) is 11.8 Å². The number of hydrogen-bond acceptors (Lipinski definition) is 3. The van der Waals surface area contributed by atoms with Crippen molar-refractivity contribution in [3.05, 3.63) is 94.5 Å². The zero-order valence-electron chi connectivity index (χ0n) is 14.1. The fourth-order valence-corrected chi connectivity index (χ4v) is 2.60. The Bertz CT molecular complexity index is 1040. The summed E-state index contributed by atoms with van der Waals surface area (Å²) in [7, 11) is 0. The third-order valence-corrected chi connectivity index (χ3v) is 4.16. The molecule has 0 aliphatic rings. The van der Waals surface area contributed by atoms with Gasteiger partial charge in [0.05, 0.1) is 22.0 Å². The normalized spacial score (nSPS) is 9.93. The van der Waals surface area contributed by atoms with Gasteiger partial charge in [0.25, 0.3) is 11.8 Å². The lowest BCUT2D eigenvalue weighted by Crippen LogP contribution is -2.15. The number of nitrogens with zero attached hydrogens (tertiary/aromatic N) is 1. The molecule has 0 unspecified atom stereocenters. The van der Waals surface area contributed by atoms with Gasteiger partial charge in [0.1, 0.15) is 6.07 Å². The number of halogens is 1. The molecular formula is C21H14ClN3O2. The minimum atomic E-state index is -0.365. The molecule has 0 atom stereocenters. The Hall–Kier alpha value is -3.62. The quantitative estimate of drug-likeness (QED) is 0.692. The van der Waals surface area contributed by atoms with Crippen LogP contribution in [0.25, 0.3) is 0 Å². The number of para-hydroxylation sites is 2. The first kappa shape index (κ1) is 18.2. The van der Waals surface area contributed by atoms with E-state index < -0.39 is 0 Å². The lowest BCUT2D eigenvalue weighted by molar-refractivity contribution is 0.101. The van der Waals surface area contributed by atoms with Crippen molar-refractivity contribution in [3.8, 4) is 6.07 Å². The molecule has 0 aliphatic heterocycles. The molecule has 0 saturated heterocycles. The molecule has 132 valence electrons. The first-order chi connectivity index (χ1) is 13.1. The van der Waals surface area contributed by atoms with Gasteiger partial charge in [0.15, 0.2) is 0 Å². The number of rotatable bonds is 4. The van der Waals surface area contributed by atoms with E-state index in [1.54, 1.807) is 72.8 Å². The van der Waals surface area contributed by atoms with Gasteiger partial charge >= 0.3 is 0 Å². The van der Waals surface area contributed by atoms with Gasteiger partial charge in [-0.3, -0.25) is 9.59 Å². The van der Waals surface area contributed by atoms with Crippen molar-refractivity contribution in [1.82, 2.24) is 0 Å². The number of anilines is 2. The zero-order valence-corrected chi connectivity index (χ0v) is 14.8. The summed E-state index contributed by atoms with van der Waals surface area (Å²) < 4.78 is 0. The number of nitriles is 1. The van der Waals surface area contributed by atoms with E-state index in [2.05, 4.69) is 10.6 Å². The first-order valence-corrected chi connectivity index (χ1v) is 8.42. The Labute approximate surface area is 161 Å². The minimum absolute atomic E-state index is 0.329.